The highest BCUT2D eigenvalue weighted by Gasteiger charge is 2.34. The number of hydrogen-bond donors (Lipinski definition) is 2. The van der Waals surface area contributed by atoms with E-state index in [-0.39, 0.29) is 12.5 Å². The van der Waals surface area contributed by atoms with E-state index < -0.39 is 0 Å². The van der Waals surface area contributed by atoms with Gasteiger partial charge in [0, 0.05) is 19.1 Å². The van der Waals surface area contributed by atoms with Crippen LogP contribution in [-0.2, 0) is 4.79 Å². The lowest BCUT2D eigenvalue weighted by atomic mass is 9.94. The highest BCUT2D eigenvalue weighted by molar-refractivity contribution is 5.78. The van der Waals surface area contributed by atoms with Crippen LogP contribution < -0.4 is 10.6 Å². The Bertz CT molecular complexity index is 285. The summed E-state index contributed by atoms with van der Waals surface area (Å²) in [5.41, 5.74) is 0. The fourth-order valence-electron chi connectivity index (χ4n) is 2.66. The molecule has 0 aliphatic carbocycles. The van der Waals surface area contributed by atoms with Gasteiger partial charge >= 0.3 is 0 Å². The summed E-state index contributed by atoms with van der Waals surface area (Å²) in [6, 6.07) is 2.48. The summed E-state index contributed by atoms with van der Waals surface area (Å²) in [7, 11) is 0. The Labute approximate surface area is 95.8 Å². The average Bonchev–Trinajstić information content (AvgIpc) is 2.68. The average molecular weight is 222 g/mol. The van der Waals surface area contributed by atoms with E-state index in [0.717, 1.165) is 19.6 Å². The van der Waals surface area contributed by atoms with Gasteiger partial charge in [-0.25, -0.2) is 0 Å². The van der Waals surface area contributed by atoms with Crippen LogP contribution in [0.5, 0.6) is 0 Å². The minimum Gasteiger partial charge on any atom is -0.342 e. The topological polar surface area (TPSA) is 68.2 Å². The number of carbonyl (C=O) groups excluding carboxylic acids is 1. The molecule has 1 amide bonds. The van der Waals surface area contributed by atoms with E-state index in [0.29, 0.717) is 18.5 Å². The quantitative estimate of drug-likeness (QED) is 0.620. The maximum Gasteiger partial charge on any atom is 0.235 e. The van der Waals surface area contributed by atoms with Crippen molar-refractivity contribution in [2.75, 3.05) is 32.7 Å². The lowest BCUT2D eigenvalue weighted by Gasteiger charge is -2.24. The van der Waals surface area contributed by atoms with Gasteiger partial charge in [-0.05, 0) is 25.3 Å². The van der Waals surface area contributed by atoms with Gasteiger partial charge < -0.3 is 10.6 Å². The van der Waals surface area contributed by atoms with Crippen molar-refractivity contribution >= 4 is 5.91 Å². The Balaban J connectivity index is 1.75. The Kier molecular flexibility index (Phi) is 3.75. The van der Waals surface area contributed by atoms with Gasteiger partial charge in [0.1, 0.15) is 6.54 Å². The molecular weight excluding hydrogens is 204 g/mol. The van der Waals surface area contributed by atoms with Gasteiger partial charge in [0.25, 0.3) is 0 Å². The third-order valence-electron chi connectivity index (χ3n) is 3.41. The normalized spacial score (nSPS) is 29.4. The van der Waals surface area contributed by atoms with Crippen molar-refractivity contribution in [3.05, 3.63) is 0 Å². The molecule has 0 saturated carbocycles. The van der Waals surface area contributed by atoms with Gasteiger partial charge in [0.05, 0.1) is 12.6 Å². The number of hydrogen-bond acceptors (Lipinski definition) is 4. The van der Waals surface area contributed by atoms with Crippen molar-refractivity contribution in [1.82, 2.24) is 15.5 Å². The molecule has 16 heavy (non-hydrogen) atoms. The number of fused-ring (bicyclic) bond motifs is 1. The lowest BCUT2D eigenvalue weighted by molar-refractivity contribution is -0.121. The van der Waals surface area contributed by atoms with E-state index in [1.807, 2.05) is 6.07 Å². The van der Waals surface area contributed by atoms with Gasteiger partial charge in [-0.15, -0.1) is 0 Å². The lowest BCUT2D eigenvalue weighted by Crippen LogP contribution is -2.41. The molecule has 5 nitrogen and oxygen atoms in total. The Morgan fingerprint density at radius 1 is 1.56 bits per heavy atom. The first-order valence-electron chi connectivity index (χ1n) is 5.89. The second-order valence-electron chi connectivity index (χ2n) is 4.59. The van der Waals surface area contributed by atoms with Crippen LogP contribution in [0.4, 0.5) is 0 Å². The zero-order valence-corrected chi connectivity index (χ0v) is 9.41. The van der Waals surface area contributed by atoms with Crippen molar-refractivity contribution in [2.24, 2.45) is 5.92 Å². The van der Waals surface area contributed by atoms with E-state index in [1.54, 1.807) is 0 Å². The zero-order chi connectivity index (χ0) is 11.4. The fourth-order valence-corrected chi connectivity index (χ4v) is 2.66. The number of amides is 1. The first-order valence-corrected chi connectivity index (χ1v) is 5.89. The van der Waals surface area contributed by atoms with Crippen LogP contribution in [0.25, 0.3) is 0 Å². The molecule has 2 aliphatic rings. The molecule has 0 radical (unpaired) electrons. The molecule has 0 aromatic rings. The van der Waals surface area contributed by atoms with E-state index in [4.69, 9.17) is 5.26 Å². The number of carbonyl (C=O) groups is 1. The number of piperidine rings is 1. The Hall–Kier alpha value is -1.12. The summed E-state index contributed by atoms with van der Waals surface area (Å²) in [4.78, 5) is 13.6. The minimum atomic E-state index is -0.0415. The molecule has 5 heteroatoms. The molecule has 2 rings (SSSR count). The van der Waals surface area contributed by atoms with E-state index in [1.165, 1.54) is 12.8 Å². The fraction of sp³-hybridized carbons (Fsp3) is 0.818. The number of rotatable bonds is 3. The van der Waals surface area contributed by atoms with Gasteiger partial charge in [-0.3, -0.25) is 9.69 Å². The summed E-state index contributed by atoms with van der Waals surface area (Å²) in [5.74, 6) is 0.665. The number of likely N-dealkylation sites (tertiary alicyclic amines) is 1. The molecule has 2 saturated heterocycles. The number of nitriles is 1. The molecular formula is C11H18N4O. The molecule has 0 aromatic carbocycles. The molecule has 2 fully saturated rings. The van der Waals surface area contributed by atoms with Crippen molar-refractivity contribution in [2.45, 2.75) is 18.9 Å². The van der Waals surface area contributed by atoms with Gasteiger partial charge in [-0.2, -0.15) is 5.26 Å². The third kappa shape index (κ3) is 2.71. The predicted octanol–water partition coefficient (Wildman–Crippen LogP) is -0.690. The van der Waals surface area contributed by atoms with E-state index >= 15 is 0 Å². The van der Waals surface area contributed by atoms with Crippen molar-refractivity contribution in [1.29, 1.82) is 5.26 Å². The Morgan fingerprint density at radius 2 is 2.44 bits per heavy atom. The zero-order valence-electron chi connectivity index (χ0n) is 9.41. The highest BCUT2D eigenvalue weighted by atomic mass is 16.2. The second kappa shape index (κ2) is 5.28. The molecule has 2 heterocycles. The smallest absolute Gasteiger partial charge is 0.235 e. The van der Waals surface area contributed by atoms with E-state index in [9.17, 15) is 4.79 Å². The van der Waals surface area contributed by atoms with Crippen molar-refractivity contribution < 1.29 is 4.79 Å². The molecule has 2 aliphatic heterocycles. The van der Waals surface area contributed by atoms with Crippen LogP contribution in [0.3, 0.4) is 0 Å². The standard InChI is InChI=1S/C11H18N4O/c12-3-5-14-11(16)8-15-6-9-2-1-4-13-10(9)7-15/h9-10,13H,1-2,4-8H2,(H,14,16). The summed E-state index contributed by atoms with van der Waals surface area (Å²) < 4.78 is 0. The molecule has 2 N–H and O–H groups in total. The third-order valence-corrected chi connectivity index (χ3v) is 3.41. The first kappa shape index (κ1) is 11.4. The predicted molar refractivity (Wildman–Crippen MR) is 59.6 cm³/mol. The van der Waals surface area contributed by atoms with Crippen LogP contribution in [0.2, 0.25) is 0 Å². The minimum absolute atomic E-state index is 0.0415. The van der Waals surface area contributed by atoms with Gasteiger partial charge in [0.2, 0.25) is 5.91 Å². The van der Waals surface area contributed by atoms with Crippen LogP contribution >= 0.6 is 0 Å². The Morgan fingerprint density at radius 3 is 3.19 bits per heavy atom. The monoisotopic (exact) mass is 222 g/mol. The summed E-state index contributed by atoms with van der Waals surface area (Å²) in [5, 5.41) is 14.4. The summed E-state index contributed by atoms with van der Waals surface area (Å²) in [6.45, 7) is 3.62. The summed E-state index contributed by atoms with van der Waals surface area (Å²) in [6.07, 6.45) is 2.52. The molecule has 2 unspecified atom stereocenters. The number of nitrogens with zero attached hydrogens (tertiary/aromatic N) is 2. The van der Waals surface area contributed by atoms with Crippen molar-refractivity contribution in [3.8, 4) is 6.07 Å². The summed E-state index contributed by atoms with van der Waals surface area (Å²) >= 11 is 0. The van der Waals surface area contributed by atoms with Crippen LogP contribution in [0.1, 0.15) is 12.8 Å². The number of nitrogens with one attached hydrogen (secondary N) is 2. The largest absolute Gasteiger partial charge is 0.342 e. The molecule has 0 aromatic heterocycles. The molecule has 0 spiro atoms. The van der Waals surface area contributed by atoms with Crippen molar-refractivity contribution in [3.63, 3.8) is 0 Å². The maximum absolute atomic E-state index is 11.4. The van der Waals surface area contributed by atoms with Gasteiger partial charge in [-0.1, -0.05) is 0 Å². The van der Waals surface area contributed by atoms with Gasteiger partial charge in [0.15, 0.2) is 0 Å². The maximum atomic E-state index is 11.4. The molecule has 2 atom stereocenters. The van der Waals surface area contributed by atoms with E-state index in [2.05, 4.69) is 15.5 Å². The molecule has 88 valence electrons. The van der Waals surface area contributed by atoms with Crippen LogP contribution in [-0.4, -0.2) is 49.6 Å². The van der Waals surface area contributed by atoms with Crippen LogP contribution in [0, 0.1) is 17.2 Å². The second-order valence-corrected chi connectivity index (χ2v) is 4.59. The molecule has 0 bridgehead atoms. The first-order chi connectivity index (χ1) is 7.79. The highest BCUT2D eigenvalue weighted by Crippen LogP contribution is 2.24. The van der Waals surface area contributed by atoms with Crippen LogP contribution in [0.15, 0.2) is 0 Å². The SMILES string of the molecule is N#CCNC(=O)CN1CC2CCCNC2C1.